The van der Waals surface area contributed by atoms with Crippen molar-refractivity contribution in [3.05, 3.63) is 10.4 Å². The molecule has 0 spiro atoms. The molecule has 0 aromatic carbocycles. The van der Waals surface area contributed by atoms with Gasteiger partial charge in [0.15, 0.2) is 0 Å². The highest BCUT2D eigenvalue weighted by Gasteiger charge is 2.17. The quantitative estimate of drug-likeness (QED) is 0.321. The van der Waals surface area contributed by atoms with E-state index in [4.69, 9.17) is 5.53 Å². The smallest absolute Gasteiger partial charge is 0.220 e. The van der Waals surface area contributed by atoms with E-state index in [1.165, 1.54) is 0 Å². The first-order valence-electron chi connectivity index (χ1n) is 5.62. The first kappa shape index (κ1) is 14.8. The van der Waals surface area contributed by atoms with Gasteiger partial charge in [0.1, 0.15) is 0 Å². The SMILES string of the molecule is CC(CC(=O)NCCN=[N+]=[N-])CC(C)(C)C. The Labute approximate surface area is 97.2 Å². The Morgan fingerprint density at radius 1 is 1.50 bits per heavy atom. The molecule has 0 bridgehead atoms. The van der Waals surface area contributed by atoms with Crippen LogP contribution in [0, 0.1) is 11.3 Å². The van der Waals surface area contributed by atoms with Crippen molar-refractivity contribution in [2.75, 3.05) is 13.1 Å². The zero-order chi connectivity index (χ0) is 12.6. The summed E-state index contributed by atoms with van der Waals surface area (Å²) in [4.78, 5) is 14.1. The van der Waals surface area contributed by atoms with Gasteiger partial charge in [0, 0.05) is 24.4 Å². The fourth-order valence-electron chi connectivity index (χ4n) is 1.80. The Hall–Kier alpha value is -1.22. The lowest BCUT2D eigenvalue weighted by Gasteiger charge is -2.22. The van der Waals surface area contributed by atoms with E-state index in [1.54, 1.807) is 0 Å². The fraction of sp³-hybridized carbons (Fsp3) is 0.909. The first-order chi connectivity index (χ1) is 7.35. The normalized spacial score (nSPS) is 12.8. The number of nitrogens with zero attached hydrogens (tertiary/aromatic N) is 3. The van der Waals surface area contributed by atoms with E-state index in [2.05, 4.69) is 43.0 Å². The van der Waals surface area contributed by atoms with Crippen molar-refractivity contribution in [1.29, 1.82) is 0 Å². The molecule has 1 atom stereocenters. The molecule has 92 valence electrons. The summed E-state index contributed by atoms with van der Waals surface area (Å²) in [6.07, 6.45) is 1.56. The molecule has 0 aliphatic carbocycles. The Kier molecular flexibility index (Phi) is 6.58. The van der Waals surface area contributed by atoms with Crippen molar-refractivity contribution in [2.24, 2.45) is 16.4 Å². The molecule has 0 aromatic rings. The molecule has 1 N–H and O–H groups in total. The van der Waals surface area contributed by atoms with Gasteiger partial charge in [0.25, 0.3) is 0 Å². The van der Waals surface area contributed by atoms with Crippen LogP contribution in [0.4, 0.5) is 0 Å². The molecule has 0 saturated heterocycles. The highest BCUT2D eigenvalue weighted by molar-refractivity contribution is 5.76. The van der Waals surface area contributed by atoms with Crippen molar-refractivity contribution >= 4 is 5.91 Å². The summed E-state index contributed by atoms with van der Waals surface area (Å²) in [5.41, 5.74) is 8.30. The van der Waals surface area contributed by atoms with E-state index in [-0.39, 0.29) is 11.3 Å². The van der Waals surface area contributed by atoms with Crippen molar-refractivity contribution < 1.29 is 4.79 Å². The largest absolute Gasteiger partial charge is 0.356 e. The minimum Gasteiger partial charge on any atom is -0.356 e. The predicted octanol–water partition coefficient (Wildman–Crippen LogP) is 2.88. The van der Waals surface area contributed by atoms with Gasteiger partial charge in [0.05, 0.1) is 0 Å². The average molecular weight is 226 g/mol. The molecule has 0 radical (unpaired) electrons. The lowest BCUT2D eigenvalue weighted by atomic mass is 9.84. The monoisotopic (exact) mass is 226 g/mol. The van der Waals surface area contributed by atoms with Crippen LogP contribution in [0.3, 0.4) is 0 Å². The highest BCUT2D eigenvalue weighted by Crippen LogP contribution is 2.25. The van der Waals surface area contributed by atoms with Crippen LogP contribution in [-0.4, -0.2) is 19.0 Å². The molecule has 1 amide bonds. The molecule has 5 heteroatoms. The van der Waals surface area contributed by atoms with Crippen LogP contribution in [0.1, 0.15) is 40.5 Å². The maximum Gasteiger partial charge on any atom is 0.220 e. The van der Waals surface area contributed by atoms with Gasteiger partial charge in [-0.2, -0.15) is 0 Å². The third-order valence-electron chi connectivity index (χ3n) is 2.09. The summed E-state index contributed by atoms with van der Waals surface area (Å²) in [6, 6.07) is 0. The molecule has 1 unspecified atom stereocenters. The molecule has 0 aromatic heterocycles. The number of hydrogen-bond donors (Lipinski definition) is 1. The third-order valence-corrected chi connectivity index (χ3v) is 2.09. The van der Waals surface area contributed by atoms with Crippen molar-refractivity contribution in [3.8, 4) is 0 Å². The lowest BCUT2D eigenvalue weighted by Crippen LogP contribution is -2.28. The first-order valence-corrected chi connectivity index (χ1v) is 5.62. The van der Waals surface area contributed by atoms with Crippen LogP contribution < -0.4 is 5.32 Å². The molecule has 0 heterocycles. The number of amides is 1. The number of nitrogens with one attached hydrogen (secondary N) is 1. The van der Waals surface area contributed by atoms with E-state index < -0.39 is 0 Å². The minimum absolute atomic E-state index is 0.0323. The van der Waals surface area contributed by atoms with Gasteiger partial charge in [-0.25, -0.2) is 0 Å². The summed E-state index contributed by atoms with van der Waals surface area (Å²) in [5.74, 6) is 0.407. The van der Waals surface area contributed by atoms with E-state index in [0.29, 0.717) is 25.4 Å². The number of carbonyl (C=O) groups is 1. The van der Waals surface area contributed by atoms with Crippen LogP contribution >= 0.6 is 0 Å². The van der Waals surface area contributed by atoms with E-state index in [0.717, 1.165) is 6.42 Å². The van der Waals surface area contributed by atoms with Crippen LogP contribution in [-0.2, 0) is 4.79 Å². The number of rotatable bonds is 6. The summed E-state index contributed by atoms with van der Waals surface area (Å²) in [6.45, 7) is 9.33. The van der Waals surface area contributed by atoms with E-state index >= 15 is 0 Å². The second kappa shape index (κ2) is 7.12. The fourth-order valence-corrected chi connectivity index (χ4v) is 1.80. The van der Waals surface area contributed by atoms with Gasteiger partial charge in [-0.15, -0.1) is 0 Å². The van der Waals surface area contributed by atoms with Crippen LogP contribution in [0.2, 0.25) is 0 Å². The van der Waals surface area contributed by atoms with Crippen LogP contribution in [0.5, 0.6) is 0 Å². The number of azide groups is 1. The second-order valence-electron chi connectivity index (χ2n) is 5.38. The molecule has 0 saturated carbocycles. The predicted molar refractivity (Wildman–Crippen MR) is 64.9 cm³/mol. The Bertz CT molecular complexity index is 264. The Morgan fingerprint density at radius 2 is 2.12 bits per heavy atom. The van der Waals surface area contributed by atoms with E-state index in [9.17, 15) is 4.79 Å². The van der Waals surface area contributed by atoms with Gasteiger partial charge in [-0.3, -0.25) is 4.79 Å². The van der Waals surface area contributed by atoms with Gasteiger partial charge < -0.3 is 5.32 Å². The third kappa shape index (κ3) is 9.34. The van der Waals surface area contributed by atoms with Gasteiger partial charge in [-0.05, 0) is 23.3 Å². The zero-order valence-electron chi connectivity index (χ0n) is 10.7. The summed E-state index contributed by atoms with van der Waals surface area (Å²) in [5, 5.41) is 6.08. The minimum atomic E-state index is 0.0323. The summed E-state index contributed by atoms with van der Waals surface area (Å²) >= 11 is 0. The zero-order valence-corrected chi connectivity index (χ0v) is 10.7. The van der Waals surface area contributed by atoms with Gasteiger partial charge in [0.2, 0.25) is 5.91 Å². The summed E-state index contributed by atoms with van der Waals surface area (Å²) in [7, 11) is 0. The van der Waals surface area contributed by atoms with Gasteiger partial charge in [-0.1, -0.05) is 32.8 Å². The molecule has 16 heavy (non-hydrogen) atoms. The number of hydrogen-bond acceptors (Lipinski definition) is 2. The molecule has 0 rings (SSSR count). The Balaban J connectivity index is 3.74. The lowest BCUT2D eigenvalue weighted by molar-refractivity contribution is -0.122. The van der Waals surface area contributed by atoms with E-state index in [1.807, 2.05) is 0 Å². The highest BCUT2D eigenvalue weighted by atomic mass is 16.1. The second-order valence-corrected chi connectivity index (χ2v) is 5.38. The maximum absolute atomic E-state index is 11.5. The molecule has 0 aliphatic rings. The standard InChI is InChI=1S/C11H22N4O/c1-9(8-11(2,3)4)7-10(16)13-5-6-14-15-12/h9H,5-8H2,1-4H3,(H,13,16). The molecule has 0 fully saturated rings. The van der Waals surface area contributed by atoms with Crippen LogP contribution in [0.15, 0.2) is 5.11 Å². The molecule has 0 aliphatic heterocycles. The Morgan fingerprint density at radius 3 is 2.62 bits per heavy atom. The van der Waals surface area contributed by atoms with Crippen molar-refractivity contribution in [3.63, 3.8) is 0 Å². The number of carbonyl (C=O) groups excluding carboxylic acids is 1. The van der Waals surface area contributed by atoms with Crippen molar-refractivity contribution in [2.45, 2.75) is 40.5 Å². The molecular formula is C11H22N4O. The van der Waals surface area contributed by atoms with Crippen LogP contribution in [0.25, 0.3) is 10.4 Å². The molecular weight excluding hydrogens is 204 g/mol. The molecule has 5 nitrogen and oxygen atoms in total. The van der Waals surface area contributed by atoms with Gasteiger partial charge >= 0.3 is 0 Å². The summed E-state index contributed by atoms with van der Waals surface area (Å²) < 4.78 is 0. The van der Waals surface area contributed by atoms with Crippen molar-refractivity contribution in [1.82, 2.24) is 5.32 Å². The maximum atomic E-state index is 11.5. The average Bonchev–Trinajstić information content (AvgIpc) is 2.09. The topological polar surface area (TPSA) is 77.9 Å².